The van der Waals surface area contributed by atoms with E-state index in [1.807, 2.05) is 25.1 Å². The topological polar surface area (TPSA) is 58.6 Å². The first-order valence-electron chi connectivity index (χ1n) is 10.2. The largest absolute Gasteiger partial charge is 0.491 e. The minimum absolute atomic E-state index is 0.00952. The van der Waals surface area contributed by atoms with Crippen LogP contribution < -0.4 is 10.1 Å². The Labute approximate surface area is 174 Å². The molecule has 2 aromatic rings. The number of nitrogens with zero attached hydrogens (tertiary/aromatic N) is 1. The van der Waals surface area contributed by atoms with Gasteiger partial charge >= 0.3 is 0 Å². The third-order valence-electron chi connectivity index (χ3n) is 5.96. The van der Waals surface area contributed by atoms with Gasteiger partial charge in [-0.25, -0.2) is 8.78 Å². The first-order valence-corrected chi connectivity index (χ1v) is 10.2. The Morgan fingerprint density at radius 3 is 2.67 bits per heavy atom. The van der Waals surface area contributed by atoms with Crippen LogP contribution in [0.25, 0.3) is 0 Å². The van der Waals surface area contributed by atoms with E-state index in [1.54, 1.807) is 0 Å². The van der Waals surface area contributed by atoms with Crippen LogP contribution in [-0.4, -0.2) is 36.4 Å². The molecule has 5 nitrogen and oxygen atoms in total. The van der Waals surface area contributed by atoms with Gasteiger partial charge in [-0.15, -0.1) is 0 Å². The van der Waals surface area contributed by atoms with Crippen LogP contribution >= 0.6 is 0 Å². The van der Waals surface area contributed by atoms with Crippen LogP contribution in [0.15, 0.2) is 36.4 Å². The molecule has 1 saturated heterocycles. The van der Waals surface area contributed by atoms with Gasteiger partial charge in [0.1, 0.15) is 22.9 Å². The lowest BCUT2D eigenvalue weighted by molar-refractivity contribution is -0.118. The minimum Gasteiger partial charge on any atom is -0.491 e. The maximum atomic E-state index is 14.1. The van der Waals surface area contributed by atoms with Gasteiger partial charge in [-0.05, 0) is 61.4 Å². The molecule has 158 valence electrons. The lowest BCUT2D eigenvalue weighted by Gasteiger charge is -2.39. The molecule has 7 heteroatoms. The van der Waals surface area contributed by atoms with E-state index in [0.29, 0.717) is 50.4 Å². The van der Waals surface area contributed by atoms with Crippen molar-refractivity contribution < 1.29 is 23.1 Å². The summed E-state index contributed by atoms with van der Waals surface area (Å²) in [5.74, 6) is -1.76. The van der Waals surface area contributed by atoms with Crippen LogP contribution in [0.4, 0.5) is 14.5 Å². The highest BCUT2D eigenvalue weighted by Crippen LogP contribution is 2.34. The quantitative estimate of drug-likeness (QED) is 0.762. The van der Waals surface area contributed by atoms with Crippen LogP contribution in [-0.2, 0) is 4.79 Å². The third kappa shape index (κ3) is 4.15. The predicted octanol–water partition coefficient (Wildman–Crippen LogP) is 4.16. The lowest BCUT2D eigenvalue weighted by atomic mass is 9.80. The van der Waals surface area contributed by atoms with Gasteiger partial charge in [-0.3, -0.25) is 9.59 Å². The molecule has 2 heterocycles. The van der Waals surface area contributed by atoms with E-state index in [9.17, 15) is 18.4 Å². The molecular formula is C23H24F2N2O3. The smallest absolute Gasteiger partial charge is 0.259 e. The minimum atomic E-state index is -0.859. The van der Waals surface area contributed by atoms with Crippen molar-refractivity contribution in [3.8, 4) is 5.75 Å². The molecule has 0 bridgehead atoms. The van der Waals surface area contributed by atoms with Crippen molar-refractivity contribution in [1.29, 1.82) is 0 Å². The van der Waals surface area contributed by atoms with Crippen LogP contribution in [0, 0.1) is 30.4 Å². The van der Waals surface area contributed by atoms with Gasteiger partial charge in [0.15, 0.2) is 0 Å². The Balaban J connectivity index is 1.52. The Hall–Kier alpha value is -2.96. The summed E-state index contributed by atoms with van der Waals surface area (Å²) in [5.41, 5.74) is 1.18. The molecule has 2 aliphatic rings. The zero-order valence-electron chi connectivity index (χ0n) is 16.8. The Morgan fingerprint density at radius 2 is 1.90 bits per heavy atom. The summed E-state index contributed by atoms with van der Waals surface area (Å²) >= 11 is 0. The number of piperidine rings is 1. The van der Waals surface area contributed by atoms with Crippen molar-refractivity contribution >= 4 is 17.5 Å². The van der Waals surface area contributed by atoms with Crippen molar-refractivity contribution in [3.05, 3.63) is 59.2 Å². The van der Waals surface area contributed by atoms with E-state index >= 15 is 0 Å². The summed E-state index contributed by atoms with van der Waals surface area (Å²) in [7, 11) is 0. The van der Waals surface area contributed by atoms with E-state index in [0.717, 1.165) is 17.7 Å². The van der Waals surface area contributed by atoms with Gasteiger partial charge in [0.25, 0.3) is 5.91 Å². The van der Waals surface area contributed by atoms with E-state index in [1.165, 1.54) is 11.0 Å². The Kier molecular flexibility index (Phi) is 5.70. The summed E-state index contributed by atoms with van der Waals surface area (Å²) in [6.45, 7) is 3.09. The van der Waals surface area contributed by atoms with Gasteiger partial charge in [0.2, 0.25) is 5.91 Å². The molecule has 0 aliphatic carbocycles. The second-order valence-corrected chi connectivity index (χ2v) is 8.05. The van der Waals surface area contributed by atoms with Crippen molar-refractivity contribution in [2.45, 2.75) is 26.2 Å². The van der Waals surface area contributed by atoms with Crippen molar-refractivity contribution in [3.63, 3.8) is 0 Å². The van der Waals surface area contributed by atoms with Crippen LogP contribution in [0.2, 0.25) is 0 Å². The molecule has 0 unspecified atom stereocenters. The standard InChI is InChI=1S/C23H24F2N2O3/c1-14-5-6-20-19(11-14)26-21(28)12-15-7-9-27(13-16(15)8-10-30-20)23(29)22-17(24)3-2-4-18(22)25/h2-6,11,15-16H,7-10,12-13H2,1H3,(H,26,28)/t15-,16-/m0/s1. The number of ether oxygens (including phenoxy) is 1. The first kappa shape index (κ1) is 20.3. The van der Waals surface area contributed by atoms with Gasteiger partial charge in [-0.2, -0.15) is 0 Å². The molecule has 0 aromatic heterocycles. The molecule has 2 aromatic carbocycles. The number of nitrogens with one attached hydrogen (secondary N) is 1. The van der Waals surface area contributed by atoms with Crippen molar-refractivity contribution in [2.24, 2.45) is 11.8 Å². The summed E-state index contributed by atoms with van der Waals surface area (Å²) in [5, 5.41) is 2.94. The SMILES string of the molecule is Cc1ccc2c(c1)NC(=O)C[C@@H]1CCN(C(=O)c3c(F)cccc3F)C[C@@H]1CCO2. The Bertz CT molecular complexity index is 959. The monoisotopic (exact) mass is 414 g/mol. The number of halogens is 2. The van der Waals surface area contributed by atoms with Crippen molar-refractivity contribution in [2.75, 3.05) is 25.0 Å². The van der Waals surface area contributed by atoms with Crippen molar-refractivity contribution in [1.82, 2.24) is 4.90 Å². The van der Waals surface area contributed by atoms with Gasteiger partial charge in [0, 0.05) is 19.5 Å². The molecule has 2 aliphatic heterocycles. The number of hydrogen-bond acceptors (Lipinski definition) is 3. The highest BCUT2D eigenvalue weighted by atomic mass is 19.1. The van der Waals surface area contributed by atoms with E-state index < -0.39 is 23.1 Å². The normalized spacial score (nSPS) is 21.7. The zero-order valence-corrected chi connectivity index (χ0v) is 16.8. The van der Waals surface area contributed by atoms with Gasteiger partial charge in [-0.1, -0.05) is 12.1 Å². The summed E-state index contributed by atoms with van der Waals surface area (Å²) in [6, 6.07) is 9.06. The number of anilines is 1. The van der Waals surface area contributed by atoms with Crippen LogP contribution in [0.5, 0.6) is 5.75 Å². The number of rotatable bonds is 1. The number of fused-ring (bicyclic) bond motifs is 2. The van der Waals surface area contributed by atoms with Crippen LogP contribution in [0.3, 0.4) is 0 Å². The van der Waals surface area contributed by atoms with E-state index in [4.69, 9.17) is 4.74 Å². The highest BCUT2D eigenvalue weighted by molar-refractivity contribution is 5.95. The molecule has 1 fully saturated rings. The molecule has 30 heavy (non-hydrogen) atoms. The number of carbonyl (C=O) groups excluding carboxylic acids is 2. The molecule has 0 saturated carbocycles. The molecule has 0 radical (unpaired) electrons. The van der Waals surface area contributed by atoms with Gasteiger partial charge in [0.05, 0.1) is 12.3 Å². The average molecular weight is 414 g/mol. The Morgan fingerprint density at radius 1 is 1.13 bits per heavy atom. The summed E-state index contributed by atoms with van der Waals surface area (Å²) < 4.78 is 34.0. The van der Waals surface area contributed by atoms with E-state index in [2.05, 4.69) is 5.32 Å². The number of carbonyl (C=O) groups is 2. The lowest BCUT2D eigenvalue weighted by Crippen LogP contribution is -2.45. The third-order valence-corrected chi connectivity index (χ3v) is 5.96. The molecule has 1 N–H and O–H groups in total. The average Bonchev–Trinajstić information content (AvgIpc) is 2.70. The molecule has 2 atom stereocenters. The fourth-order valence-electron chi connectivity index (χ4n) is 4.35. The van der Waals surface area contributed by atoms with Crippen LogP contribution in [0.1, 0.15) is 35.2 Å². The maximum Gasteiger partial charge on any atom is 0.259 e. The maximum absolute atomic E-state index is 14.1. The summed E-state index contributed by atoms with van der Waals surface area (Å²) in [6.07, 6.45) is 1.59. The molecule has 4 rings (SSSR count). The number of likely N-dealkylation sites (tertiary alicyclic amines) is 1. The van der Waals surface area contributed by atoms with E-state index in [-0.39, 0.29) is 17.7 Å². The fraction of sp³-hybridized carbons (Fsp3) is 0.391. The first-order chi connectivity index (χ1) is 14.4. The highest BCUT2D eigenvalue weighted by Gasteiger charge is 2.35. The number of amides is 2. The molecular weight excluding hydrogens is 390 g/mol. The zero-order chi connectivity index (χ0) is 21.3. The molecule has 0 spiro atoms. The molecule has 2 amide bonds. The fourth-order valence-corrected chi connectivity index (χ4v) is 4.35. The number of aryl methyl sites for hydroxylation is 1. The second kappa shape index (κ2) is 8.42. The summed E-state index contributed by atoms with van der Waals surface area (Å²) in [4.78, 5) is 26.9. The number of hydrogen-bond donors (Lipinski definition) is 1. The van der Waals surface area contributed by atoms with Gasteiger partial charge < -0.3 is 15.0 Å². The number of benzene rings is 2. The second-order valence-electron chi connectivity index (χ2n) is 8.05. The predicted molar refractivity (Wildman–Crippen MR) is 108 cm³/mol.